The zero-order valence-corrected chi connectivity index (χ0v) is 15.2. The number of fused-ring (bicyclic) bond motifs is 1. The van der Waals surface area contributed by atoms with E-state index in [0.717, 1.165) is 37.4 Å². The molecular weight excluding hydrogens is 304 g/mol. The van der Waals surface area contributed by atoms with Gasteiger partial charge in [-0.3, -0.25) is 4.79 Å². The zero-order chi connectivity index (χ0) is 17.4. The molecular formula is C19H31N2O3+. The number of anilines is 1. The van der Waals surface area contributed by atoms with E-state index in [-0.39, 0.29) is 11.9 Å². The summed E-state index contributed by atoms with van der Waals surface area (Å²) in [6.45, 7) is 9.52. The van der Waals surface area contributed by atoms with Gasteiger partial charge in [-0.1, -0.05) is 19.8 Å². The molecule has 1 amide bonds. The average molecular weight is 335 g/mol. The van der Waals surface area contributed by atoms with Crippen molar-refractivity contribution in [3.05, 3.63) is 18.2 Å². The topological polar surface area (TPSA) is 52.0 Å². The molecule has 1 aromatic rings. The zero-order valence-electron chi connectivity index (χ0n) is 15.2. The monoisotopic (exact) mass is 335 g/mol. The van der Waals surface area contributed by atoms with Gasteiger partial charge in [0.15, 0.2) is 17.5 Å². The van der Waals surface area contributed by atoms with Crippen LogP contribution in [0.25, 0.3) is 0 Å². The molecule has 134 valence electrons. The van der Waals surface area contributed by atoms with Crippen molar-refractivity contribution in [2.45, 2.75) is 52.5 Å². The van der Waals surface area contributed by atoms with Gasteiger partial charge >= 0.3 is 0 Å². The van der Waals surface area contributed by atoms with Crippen molar-refractivity contribution in [3.8, 4) is 11.5 Å². The molecule has 0 spiro atoms. The Hall–Kier alpha value is -1.75. The summed E-state index contributed by atoms with van der Waals surface area (Å²) in [5.74, 6) is 1.55. The van der Waals surface area contributed by atoms with Crippen LogP contribution >= 0.6 is 0 Å². The number of nitrogens with one attached hydrogen (secondary N) is 2. The van der Waals surface area contributed by atoms with Gasteiger partial charge in [-0.15, -0.1) is 0 Å². The second-order valence-electron chi connectivity index (χ2n) is 6.26. The minimum atomic E-state index is -0.000231. The fourth-order valence-electron chi connectivity index (χ4n) is 3.21. The van der Waals surface area contributed by atoms with Crippen LogP contribution in [0.4, 0.5) is 5.69 Å². The molecule has 0 radical (unpaired) electrons. The van der Waals surface area contributed by atoms with E-state index in [4.69, 9.17) is 9.47 Å². The lowest BCUT2D eigenvalue weighted by molar-refractivity contribution is -0.912. The lowest BCUT2D eigenvalue weighted by atomic mass is 10.1. The molecule has 0 saturated heterocycles. The number of amides is 1. The SMILES string of the molecule is CCCCCC(C(=O)Nc1ccc2c(c1)OCCO2)[NH+](CC)CC. The average Bonchev–Trinajstić information content (AvgIpc) is 2.61. The maximum atomic E-state index is 12.8. The molecule has 2 rings (SSSR count). The lowest BCUT2D eigenvalue weighted by Crippen LogP contribution is -3.16. The minimum absolute atomic E-state index is 0.000231. The van der Waals surface area contributed by atoms with Gasteiger partial charge in [-0.2, -0.15) is 0 Å². The number of carbonyl (C=O) groups excluding carboxylic acids is 1. The maximum absolute atomic E-state index is 12.8. The summed E-state index contributed by atoms with van der Waals surface area (Å²) < 4.78 is 11.1. The summed E-state index contributed by atoms with van der Waals surface area (Å²) in [6, 6.07) is 5.60. The van der Waals surface area contributed by atoms with Crippen LogP contribution in [0, 0.1) is 0 Å². The van der Waals surface area contributed by atoms with E-state index >= 15 is 0 Å². The van der Waals surface area contributed by atoms with Gasteiger partial charge < -0.3 is 19.7 Å². The Morgan fingerprint density at radius 2 is 1.83 bits per heavy atom. The minimum Gasteiger partial charge on any atom is -0.486 e. The van der Waals surface area contributed by atoms with E-state index in [1.54, 1.807) is 0 Å². The number of rotatable bonds is 9. The van der Waals surface area contributed by atoms with Crippen molar-refractivity contribution in [1.82, 2.24) is 0 Å². The number of benzene rings is 1. The van der Waals surface area contributed by atoms with Crippen LogP contribution in [0.3, 0.4) is 0 Å². The highest BCUT2D eigenvalue weighted by Gasteiger charge is 2.27. The Morgan fingerprint density at radius 1 is 1.12 bits per heavy atom. The highest BCUT2D eigenvalue weighted by atomic mass is 16.6. The molecule has 5 heteroatoms. The third kappa shape index (κ3) is 4.87. The molecule has 1 aliphatic heterocycles. The molecule has 5 nitrogen and oxygen atoms in total. The van der Waals surface area contributed by atoms with Crippen molar-refractivity contribution < 1.29 is 19.2 Å². The molecule has 1 aliphatic rings. The summed E-state index contributed by atoms with van der Waals surface area (Å²) in [4.78, 5) is 14.2. The van der Waals surface area contributed by atoms with Gasteiger partial charge in [0.05, 0.1) is 13.1 Å². The van der Waals surface area contributed by atoms with Crippen LogP contribution in [-0.4, -0.2) is 38.3 Å². The van der Waals surface area contributed by atoms with Crippen molar-refractivity contribution in [1.29, 1.82) is 0 Å². The fraction of sp³-hybridized carbons (Fsp3) is 0.632. The Morgan fingerprint density at radius 3 is 2.50 bits per heavy atom. The molecule has 0 bridgehead atoms. The molecule has 0 aliphatic carbocycles. The summed E-state index contributed by atoms with van der Waals surface area (Å²) in [5, 5.41) is 3.07. The van der Waals surface area contributed by atoms with E-state index in [1.165, 1.54) is 17.7 Å². The Labute approximate surface area is 145 Å². The molecule has 24 heavy (non-hydrogen) atoms. The van der Waals surface area contributed by atoms with Gasteiger partial charge in [0.2, 0.25) is 0 Å². The van der Waals surface area contributed by atoms with Crippen LogP contribution in [0.1, 0.15) is 46.5 Å². The molecule has 0 aromatic heterocycles. The van der Waals surface area contributed by atoms with Gasteiger partial charge in [0.1, 0.15) is 13.2 Å². The number of carbonyl (C=O) groups is 1. The Kier molecular flexibility index (Phi) is 7.37. The molecule has 1 atom stereocenters. The normalized spacial score (nSPS) is 14.5. The number of hydrogen-bond donors (Lipinski definition) is 2. The third-order valence-electron chi connectivity index (χ3n) is 4.62. The molecule has 0 fully saturated rings. The highest BCUT2D eigenvalue weighted by molar-refractivity contribution is 5.94. The Bertz CT molecular complexity index is 529. The second-order valence-corrected chi connectivity index (χ2v) is 6.26. The largest absolute Gasteiger partial charge is 0.486 e. The first kappa shape index (κ1) is 18.6. The summed E-state index contributed by atoms with van der Waals surface area (Å²) in [5.41, 5.74) is 0.774. The van der Waals surface area contributed by atoms with E-state index in [9.17, 15) is 4.79 Å². The Balaban J connectivity index is 2.05. The predicted octanol–water partition coefficient (Wildman–Crippen LogP) is 2.27. The first-order chi connectivity index (χ1) is 11.7. The van der Waals surface area contributed by atoms with E-state index in [0.29, 0.717) is 19.0 Å². The van der Waals surface area contributed by atoms with Gasteiger partial charge in [0, 0.05) is 18.2 Å². The van der Waals surface area contributed by atoms with E-state index < -0.39 is 0 Å². The maximum Gasteiger partial charge on any atom is 0.282 e. The first-order valence-corrected chi connectivity index (χ1v) is 9.24. The molecule has 2 N–H and O–H groups in total. The smallest absolute Gasteiger partial charge is 0.282 e. The van der Waals surface area contributed by atoms with Crippen molar-refractivity contribution in [2.24, 2.45) is 0 Å². The fourth-order valence-corrected chi connectivity index (χ4v) is 3.21. The summed E-state index contributed by atoms with van der Waals surface area (Å²) in [7, 11) is 0. The van der Waals surface area contributed by atoms with Crippen LogP contribution in [0.5, 0.6) is 11.5 Å². The number of ether oxygens (including phenoxy) is 2. The van der Waals surface area contributed by atoms with Crippen molar-refractivity contribution in [2.75, 3.05) is 31.6 Å². The standard InChI is InChI=1S/C19H30N2O3/c1-4-7-8-9-16(21(5-2)6-3)19(22)20-15-10-11-17-18(14-15)24-13-12-23-17/h10-11,14,16H,4-9,12-13H2,1-3H3,(H,20,22)/p+1. The molecule has 1 heterocycles. The molecule has 0 saturated carbocycles. The van der Waals surface area contributed by atoms with Gasteiger partial charge in [-0.05, 0) is 32.4 Å². The van der Waals surface area contributed by atoms with Crippen LogP contribution in [-0.2, 0) is 4.79 Å². The number of quaternary nitrogens is 1. The van der Waals surface area contributed by atoms with E-state index in [2.05, 4.69) is 26.1 Å². The molecule has 1 unspecified atom stereocenters. The third-order valence-corrected chi connectivity index (χ3v) is 4.62. The number of unbranched alkanes of at least 4 members (excludes halogenated alkanes) is 2. The summed E-state index contributed by atoms with van der Waals surface area (Å²) in [6.07, 6.45) is 4.37. The highest BCUT2D eigenvalue weighted by Crippen LogP contribution is 2.32. The number of likely N-dealkylation sites (N-methyl/N-ethyl adjacent to an activating group) is 1. The van der Waals surface area contributed by atoms with Crippen LogP contribution in [0.2, 0.25) is 0 Å². The van der Waals surface area contributed by atoms with Gasteiger partial charge in [-0.25, -0.2) is 0 Å². The van der Waals surface area contributed by atoms with Crippen molar-refractivity contribution >= 4 is 11.6 Å². The second kappa shape index (κ2) is 9.52. The van der Waals surface area contributed by atoms with Gasteiger partial charge in [0.25, 0.3) is 5.91 Å². The van der Waals surface area contributed by atoms with Crippen LogP contribution in [0.15, 0.2) is 18.2 Å². The predicted molar refractivity (Wildman–Crippen MR) is 96.0 cm³/mol. The molecule has 1 aromatic carbocycles. The summed E-state index contributed by atoms with van der Waals surface area (Å²) >= 11 is 0. The van der Waals surface area contributed by atoms with Crippen LogP contribution < -0.4 is 19.7 Å². The van der Waals surface area contributed by atoms with E-state index in [1.807, 2.05) is 18.2 Å². The first-order valence-electron chi connectivity index (χ1n) is 9.24. The quantitative estimate of drug-likeness (QED) is 0.681. The van der Waals surface area contributed by atoms with Crippen molar-refractivity contribution in [3.63, 3.8) is 0 Å². The number of hydrogen-bond acceptors (Lipinski definition) is 3. The lowest BCUT2D eigenvalue weighted by Gasteiger charge is -2.26.